The van der Waals surface area contributed by atoms with Crippen LogP contribution >= 0.6 is 0 Å². The predicted molar refractivity (Wildman–Crippen MR) is 82.0 cm³/mol. The molecule has 2 aliphatic rings. The van der Waals surface area contributed by atoms with E-state index in [-0.39, 0.29) is 18.5 Å². The third kappa shape index (κ3) is 2.61. The fourth-order valence-corrected chi connectivity index (χ4v) is 3.68. The molecule has 0 bridgehead atoms. The van der Waals surface area contributed by atoms with Gasteiger partial charge >= 0.3 is 6.03 Å². The molecule has 3 amide bonds. The molecule has 1 aromatic rings. The molecule has 5 nitrogen and oxygen atoms in total. The molecule has 1 N–H and O–H groups in total. The summed E-state index contributed by atoms with van der Waals surface area (Å²) in [6, 6.07) is 5.20. The van der Waals surface area contributed by atoms with E-state index in [1.165, 1.54) is 23.1 Å². The molecular weight excluding hydrogens is 299 g/mol. The maximum absolute atomic E-state index is 13.3. The maximum Gasteiger partial charge on any atom is 0.327 e. The van der Waals surface area contributed by atoms with Crippen molar-refractivity contribution in [3.63, 3.8) is 0 Å². The Morgan fingerprint density at radius 2 is 1.96 bits per heavy atom. The van der Waals surface area contributed by atoms with Gasteiger partial charge in [-0.3, -0.25) is 9.69 Å². The van der Waals surface area contributed by atoms with Crippen molar-refractivity contribution < 1.29 is 19.1 Å². The molecule has 1 saturated heterocycles. The minimum Gasteiger partial charge on any atom is -0.387 e. The summed E-state index contributed by atoms with van der Waals surface area (Å²) in [7, 11) is 1.65. The zero-order valence-corrected chi connectivity index (χ0v) is 13.2. The van der Waals surface area contributed by atoms with Gasteiger partial charge in [0, 0.05) is 7.05 Å². The average molecular weight is 320 g/mol. The highest BCUT2D eigenvalue weighted by atomic mass is 19.1. The van der Waals surface area contributed by atoms with Gasteiger partial charge in [-0.05, 0) is 30.5 Å². The van der Waals surface area contributed by atoms with Gasteiger partial charge < -0.3 is 10.0 Å². The van der Waals surface area contributed by atoms with Crippen molar-refractivity contribution in [1.82, 2.24) is 9.80 Å². The Labute approximate surface area is 134 Å². The van der Waals surface area contributed by atoms with Gasteiger partial charge in [-0.15, -0.1) is 0 Å². The maximum atomic E-state index is 13.3. The lowest BCUT2D eigenvalue weighted by atomic mass is 9.80. The number of hydrogen-bond donors (Lipinski definition) is 1. The standard InChI is InChI=1S/C17H21FN2O3/c1-19-16(23)20(15(22)17(19)8-3-2-4-9-17)11-14(21)12-6-5-7-13(18)10-12/h5-7,10,14,21H,2-4,8-9,11H2,1H3/t14-/m0/s1. The molecule has 23 heavy (non-hydrogen) atoms. The minimum absolute atomic E-state index is 0.146. The molecule has 124 valence electrons. The molecule has 2 fully saturated rings. The number of amides is 3. The number of aliphatic hydroxyl groups is 1. The van der Waals surface area contributed by atoms with Crippen LogP contribution in [0.25, 0.3) is 0 Å². The van der Waals surface area contributed by atoms with Crippen LogP contribution in [0.15, 0.2) is 24.3 Å². The van der Waals surface area contributed by atoms with Crippen LogP contribution in [-0.2, 0) is 4.79 Å². The summed E-state index contributed by atoms with van der Waals surface area (Å²) in [6.07, 6.45) is 3.16. The van der Waals surface area contributed by atoms with E-state index in [1.807, 2.05) is 0 Å². The third-order valence-corrected chi connectivity index (χ3v) is 5.07. The number of carbonyl (C=O) groups excluding carboxylic acids is 2. The monoisotopic (exact) mass is 320 g/mol. The summed E-state index contributed by atoms with van der Waals surface area (Å²) in [4.78, 5) is 27.9. The number of aliphatic hydroxyl groups excluding tert-OH is 1. The van der Waals surface area contributed by atoms with Gasteiger partial charge in [0.2, 0.25) is 0 Å². The fourth-order valence-electron chi connectivity index (χ4n) is 3.68. The van der Waals surface area contributed by atoms with Crippen LogP contribution in [0, 0.1) is 5.82 Å². The van der Waals surface area contributed by atoms with E-state index in [0.717, 1.165) is 24.2 Å². The zero-order chi connectivity index (χ0) is 16.6. The second-order valence-corrected chi connectivity index (χ2v) is 6.42. The lowest BCUT2D eigenvalue weighted by Crippen LogP contribution is -2.49. The molecule has 1 spiro atoms. The van der Waals surface area contributed by atoms with Gasteiger partial charge in [-0.1, -0.05) is 31.4 Å². The van der Waals surface area contributed by atoms with Crippen molar-refractivity contribution in [1.29, 1.82) is 0 Å². The second kappa shape index (κ2) is 5.92. The molecule has 0 aromatic heterocycles. The quantitative estimate of drug-likeness (QED) is 0.870. The first-order valence-electron chi connectivity index (χ1n) is 7.99. The summed E-state index contributed by atoms with van der Waals surface area (Å²) in [5, 5.41) is 10.3. The number of rotatable bonds is 3. The highest BCUT2D eigenvalue weighted by molar-refractivity contribution is 6.07. The van der Waals surface area contributed by atoms with Crippen LogP contribution in [0.3, 0.4) is 0 Å². The van der Waals surface area contributed by atoms with Gasteiger partial charge in [-0.2, -0.15) is 0 Å². The average Bonchev–Trinajstić information content (AvgIpc) is 2.72. The number of halogens is 1. The Bertz CT molecular complexity index is 628. The number of benzene rings is 1. The van der Waals surface area contributed by atoms with Crippen LogP contribution in [0.4, 0.5) is 9.18 Å². The number of hydrogen-bond acceptors (Lipinski definition) is 3. The Balaban J connectivity index is 1.80. The second-order valence-electron chi connectivity index (χ2n) is 6.42. The Hall–Kier alpha value is -1.95. The highest BCUT2D eigenvalue weighted by Gasteiger charge is 2.55. The molecule has 1 atom stereocenters. The predicted octanol–water partition coefficient (Wildman–Crippen LogP) is 2.46. The third-order valence-electron chi connectivity index (χ3n) is 5.07. The largest absolute Gasteiger partial charge is 0.387 e. The summed E-state index contributed by atoms with van der Waals surface area (Å²) in [6.45, 7) is -0.146. The van der Waals surface area contributed by atoms with Crippen LogP contribution in [0.2, 0.25) is 0 Å². The molecule has 1 heterocycles. The van der Waals surface area contributed by atoms with Crippen molar-refractivity contribution in [2.45, 2.75) is 43.7 Å². The van der Waals surface area contributed by atoms with E-state index in [1.54, 1.807) is 13.1 Å². The van der Waals surface area contributed by atoms with Gasteiger partial charge in [0.15, 0.2) is 0 Å². The first-order valence-corrected chi connectivity index (χ1v) is 7.99. The Kier molecular flexibility index (Phi) is 4.10. The van der Waals surface area contributed by atoms with Crippen molar-refractivity contribution in [2.75, 3.05) is 13.6 Å². The smallest absolute Gasteiger partial charge is 0.327 e. The lowest BCUT2D eigenvalue weighted by molar-refractivity contribution is -0.135. The number of β-amino-alcohol motifs (C(OH)–C–C–N with tert-alkyl or cyclic N) is 1. The zero-order valence-electron chi connectivity index (χ0n) is 13.2. The molecule has 6 heteroatoms. The molecule has 1 aromatic carbocycles. The van der Waals surface area contributed by atoms with Crippen LogP contribution < -0.4 is 0 Å². The summed E-state index contributed by atoms with van der Waals surface area (Å²) >= 11 is 0. The van der Waals surface area contributed by atoms with E-state index in [4.69, 9.17) is 0 Å². The van der Waals surface area contributed by atoms with Crippen molar-refractivity contribution in [3.8, 4) is 0 Å². The van der Waals surface area contributed by atoms with Crippen molar-refractivity contribution in [3.05, 3.63) is 35.6 Å². The van der Waals surface area contributed by atoms with E-state index >= 15 is 0 Å². The summed E-state index contributed by atoms with van der Waals surface area (Å²) in [5.74, 6) is -0.693. The Morgan fingerprint density at radius 3 is 2.61 bits per heavy atom. The lowest BCUT2D eigenvalue weighted by Gasteiger charge is -2.35. The van der Waals surface area contributed by atoms with Crippen LogP contribution in [-0.4, -0.2) is 46.0 Å². The first-order chi connectivity index (χ1) is 11.0. The molecular formula is C17H21FN2O3. The molecule has 1 aliphatic carbocycles. The Morgan fingerprint density at radius 1 is 1.26 bits per heavy atom. The van der Waals surface area contributed by atoms with E-state index in [2.05, 4.69) is 0 Å². The van der Waals surface area contributed by atoms with E-state index < -0.39 is 17.5 Å². The van der Waals surface area contributed by atoms with E-state index in [0.29, 0.717) is 18.4 Å². The first kappa shape index (κ1) is 15.9. The van der Waals surface area contributed by atoms with Crippen molar-refractivity contribution in [2.24, 2.45) is 0 Å². The molecule has 1 saturated carbocycles. The minimum atomic E-state index is -1.09. The number of nitrogens with zero attached hydrogens (tertiary/aromatic N) is 2. The number of imide groups is 1. The number of urea groups is 1. The normalized spacial score (nSPS) is 22.0. The summed E-state index contributed by atoms with van der Waals surface area (Å²) in [5.41, 5.74) is -0.394. The van der Waals surface area contributed by atoms with Gasteiger partial charge in [0.05, 0.1) is 12.6 Å². The van der Waals surface area contributed by atoms with Crippen LogP contribution in [0.1, 0.15) is 43.8 Å². The fraction of sp³-hybridized carbons (Fsp3) is 0.529. The van der Waals surface area contributed by atoms with Crippen molar-refractivity contribution >= 4 is 11.9 Å². The van der Waals surface area contributed by atoms with Gasteiger partial charge in [-0.25, -0.2) is 9.18 Å². The molecule has 0 radical (unpaired) electrons. The molecule has 3 rings (SSSR count). The highest BCUT2D eigenvalue weighted by Crippen LogP contribution is 2.39. The van der Waals surface area contributed by atoms with Gasteiger partial charge in [0.25, 0.3) is 5.91 Å². The van der Waals surface area contributed by atoms with E-state index in [9.17, 15) is 19.1 Å². The van der Waals surface area contributed by atoms with Gasteiger partial charge in [0.1, 0.15) is 11.4 Å². The topological polar surface area (TPSA) is 60.9 Å². The number of likely N-dealkylation sites (N-methyl/N-ethyl adjacent to an activating group) is 1. The molecule has 0 unspecified atom stereocenters. The molecule has 1 aliphatic heterocycles. The summed E-state index contributed by atoms with van der Waals surface area (Å²) < 4.78 is 13.3. The SMILES string of the molecule is CN1C(=O)N(C[C@H](O)c2cccc(F)c2)C(=O)C12CCCCC2. The number of carbonyl (C=O) groups is 2. The van der Waals surface area contributed by atoms with Crippen LogP contribution in [0.5, 0.6) is 0 Å².